The van der Waals surface area contributed by atoms with Gasteiger partial charge in [0.05, 0.1) is 0 Å². The molecule has 0 saturated carbocycles. The van der Waals surface area contributed by atoms with E-state index in [9.17, 15) is 0 Å². The minimum atomic E-state index is 0.892. The van der Waals surface area contributed by atoms with Crippen molar-refractivity contribution in [1.82, 2.24) is 0 Å². The Hall–Kier alpha value is -5.40. The van der Waals surface area contributed by atoms with Gasteiger partial charge in [-0.15, -0.1) is 0 Å². The second-order valence-electron chi connectivity index (χ2n) is 11.0. The molecule has 0 atom stereocenters. The summed E-state index contributed by atoms with van der Waals surface area (Å²) in [7, 11) is 0. The molecule has 8 rings (SSSR count). The standard InChI is InChI=1S/C41H28O/c1-3-9-31(10-4-1)37-25-34-20-17-29(24-35(34)27-38(37)32-11-5-2-6-12-32)23-28-15-18-30(19-16-28)33-21-22-41-39(26-33)36-13-7-8-14-40(36)42-41/h1-22,24-27H,23H2. The van der Waals surface area contributed by atoms with E-state index in [0.29, 0.717) is 0 Å². The van der Waals surface area contributed by atoms with Crippen LogP contribution in [0.2, 0.25) is 0 Å². The van der Waals surface area contributed by atoms with Crippen LogP contribution >= 0.6 is 0 Å². The van der Waals surface area contributed by atoms with Crippen LogP contribution in [0.15, 0.2) is 162 Å². The van der Waals surface area contributed by atoms with E-state index in [2.05, 4.69) is 146 Å². The molecule has 0 unspecified atom stereocenters. The molecular weight excluding hydrogens is 508 g/mol. The van der Waals surface area contributed by atoms with Crippen molar-refractivity contribution in [2.24, 2.45) is 0 Å². The van der Waals surface area contributed by atoms with Gasteiger partial charge in [-0.2, -0.15) is 0 Å². The van der Waals surface area contributed by atoms with Crippen molar-refractivity contribution in [2.75, 3.05) is 0 Å². The van der Waals surface area contributed by atoms with E-state index in [1.54, 1.807) is 0 Å². The first kappa shape index (κ1) is 24.4. The van der Waals surface area contributed by atoms with Gasteiger partial charge in [-0.25, -0.2) is 0 Å². The number of benzene rings is 7. The first-order valence-corrected chi connectivity index (χ1v) is 14.5. The molecule has 0 amide bonds. The quantitative estimate of drug-likeness (QED) is 0.213. The second-order valence-corrected chi connectivity index (χ2v) is 11.0. The fraction of sp³-hybridized carbons (Fsp3) is 0.0244. The number of fused-ring (bicyclic) bond motifs is 4. The molecular formula is C41H28O. The molecule has 8 aromatic rings. The molecule has 198 valence electrons. The molecule has 0 aliphatic carbocycles. The Morgan fingerprint density at radius 2 is 0.952 bits per heavy atom. The molecule has 0 spiro atoms. The zero-order chi connectivity index (χ0) is 27.9. The number of furan rings is 1. The summed E-state index contributed by atoms with van der Waals surface area (Å²) in [5, 5.41) is 4.85. The molecule has 0 aliphatic rings. The average molecular weight is 537 g/mol. The van der Waals surface area contributed by atoms with Crippen molar-refractivity contribution in [1.29, 1.82) is 0 Å². The minimum Gasteiger partial charge on any atom is -0.456 e. The Balaban J connectivity index is 1.11. The van der Waals surface area contributed by atoms with E-state index in [4.69, 9.17) is 4.42 Å². The van der Waals surface area contributed by atoms with Gasteiger partial charge in [-0.05, 0) is 92.0 Å². The van der Waals surface area contributed by atoms with Gasteiger partial charge in [0.1, 0.15) is 11.2 Å². The highest BCUT2D eigenvalue weighted by Crippen LogP contribution is 2.36. The molecule has 42 heavy (non-hydrogen) atoms. The molecule has 1 aromatic heterocycles. The Kier molecular flexibility index (Phi) is 5.93. The number of hydrogen-bond acceptors (Lipinski definition) is 1. The monoisotopic (exact) mass is 536 g/mol. The molecule has 0 aliphatic heterocycles. The third kappa shape index (κ3) is 4.46. The van der Waals surface area contributed by atoms with E-state index in [-0.39, 0.29) is 0 Å². The molecule has 0 bridgehead atoms. The summed E-state index contributed by atoms with van der Waals surface area (Å²) in [4.78, 5) is 0. The highest BCUT2D eigenvalue weighted by Gasteiger charge is 2.11. The molecule has 0 saturated heterocycles. The van der Waals surface area contributed by atoms with Gasteiger partial charge in [-0.3, -0.25) is 0 Å². The molecule has 1 heterocycles. The molecule has 7 aromatic carbocycles. The van der Waals surface area contributed by atoms with Gasteiger partial charge in [0.25, 0.3) is 0 Å². The van der Waals surface area contributed by atoms with Crippen LogP contribution in [0.4, 0.5) is 0 Å². The minimum absolute atomic E-state index is 0.892. The number of para-hydroxylation sites is 1. The lowest BCUT2D eigenvalue weighted by molar-refractivity contribution is 0.669. The van der Waals surface area contributed by atoms with Gasteiger partial charge in [-0.1, -0.05) is 127 Å². The normalized spacial score (nSPS) is 11.4. The van der Waals surface area contributed by atoms with Crippen LogP contribution in [0.25, 0.3) is 66.1 Å². The topological polar surface area (TPSA) is 13.1 Å². The lowest BCUT2D eigenvalue weighted by atomic mass is 9.90. The summed E-state index contributed by atoms with van der Waals surface area (Å²) in [6.07, 6.45) is 0.892. The SMILES string of the molecule is c1ccc(-c2cc3ccc(Cc4ccc(-c5ccc6oc7ccccc7c6c5)cc4)cc3cc2-c2ccccc2)cc1. The van der Waals surface area contributed by atoms with Gasteiger partial charge in [0.15, 0.2) is 0 Å². The maximum absolute atomic E-state index is 6.02. The molecule has 0 fully saturated rings. The van der Waals surface area contributed by atoms with Gasteiger partial charge >= 0.3 is 0 Å². The van der Waals surface area contributed by atoms with Gasteiger partial charge < -0.3 is 4.42 Å². The summed E-state index contributed by atoms with van der Waals surface area (Å²) < 4.78 is 6.02. The molecule has 0 radical (unpaired) electrons. The van der Waals surface area contributed by atoms with Crippen molar-refractivity contribution in [3.05, 3.63) is 169 Å². The van der Waals surface area contributed by atoms with E-state index >= 15 is 0 Å². The third-order valence-electron chi connectivity index (χ3n) is 8.28. The lowest BCUT2D eigenvalue weighted by Crippen LogP contribution is -1.91. The molecule has 1 nitrogen and oxygen atoms in total. The largest absolute Gasteiger partial charge is 0.456 e. The van der Waals surface area contributed by atoms with Gasteiger partial charge in [0.2, 0.25) is 0 Å². The zero-order valence-corrected chi connectivity index (χ0v) is 23.1. The van der Waals surface area contributed by atoms with Crippen LogP contribution in [0, 0.1) is 0 Å². The predicted octanol–water partition coefficient (Wildman–Crippen LogP) is 11.3. The first-order chi connectivity index (χ1) is 20.8. The summed E-state index contributed by atoms with van der Waals surface area (Å²) >= 11 is 0. The maximum Gasteiger partial charge on any atom is 0.135 e. The van der Waals surface area contributed by atoms with Crippen molar-refractivity contribution in [2.45, 2.75) is 6.42 Å². The highest BCUT2D eigenvalue weighted by atomic mass is 16.3. The number of hydrogen-bond donors (Lipinski definition) is 0. The van der Waals surface area contributed by atoms with Crippen LogP contribution in [0.5, 0.6) is 0 Å². The molecule has 1 heteroatoms. The van der Waals surface area contributed by atoms with Crippen LogP contribution < -0.4 is 0 Å². The van der Waals surface area contributed by atoms with E-state index < -0.39 is 0 Å². The summed E-state index contributed by atoms with van der Waals surface area (Å²) in [6, 6.07) is 56.7. The predicted molar refractivity (Wildman–Crippen MR) is 177 cm³/mol. The summed E-state index contributed by atoms with van der Waals surface area (Å²) in [5.41, 5.74) is 11.9. The summed E-state index contributed by atoms with van der Waals surface area (Å²) in [6.45, 7) is 0. The third-order valence-corrected chi connectivity index (χ3v) is 8.28. The summed E-state index contributed by atoms with van der Waals surface area (Å²) in [5.74, 6) is 0. The van der Waals surface area contributed by atoms with Crippen LogP contribution in [-0.4, -0.2) is 0 Å². The smallest absolute Gasteiger partial charge is 0.135 e. The Morgan fingerprint density at radius 1 is 0.357 bits per heavy atom. The van der Waals surface area contributed by atoms with Gasteiger partial charge in [0, 0.05) is 10.8 Å². The van der Waals surface area contributed by atoms with E-state index in [0.717, 1.165) is 28.4 Å². The maximum atomic E-state index is 6.02. The Morgan fingerprint density at radius 3 is 1.69 bits per heavy atom. The second kappa shape index (κ2) is 10.2. The first-order valence-electron chi connectivity index (χ1n) is 14.5. The average Bonchev–Trinajstić information content (AvgIpc) is 3.43. The van der Waals surface area contributed by atoms with Crippen molar-refractivity contribution in [3.8, 4) is 33.4 Å². The van der Waals surface area contributed by atoms with E-state index in [1.807, 2.05) is 12.1 Å². The lowest BCUT2D eigenvalue weighted by Gasteiger charge is -2.14. The highest BCUT2D eigenvalue weighted by molar-refractivity contribution is 6.06. The number of rotatable bonds is 5. The fourth-order valence-electron chi connectivity index (χ4n) is 6.13. The van der Waals surface area contributed by atoms with E-state index in [1.165, 1.54) is 55.3 Å². The van der Waals surface area contributed by atoms with Crippen LogP contribution in [-0.2, 0) is 6.42 Å². The Labute approximate surface area is 245 Å². The zero-order valence-electron chi connectivity index (χ0n) is 23.1. The Bertz CT molecular complexity index is 2190. The van der Waals surface area contributed by atoms with Crippen LogP contribution in [0.1, 0.15) is 11.1 Å². The van der Waals surface area contributed by atoms with Crippen molar-refractivity contribution < 1.29 is 4.42 Å². The van der Waals surface area contributed by atoms with Crippen molar-refractivity contribution in [3.63, 3.8) is 0 Å². The molecule has 0 N–H and O–H groups in total. The van der Waals surface area contributed by atoms with Crippen molar-refractivity contribution >= 4 is 32.7 Å². The fourth-order valence-corrected chi connectivity index (χ4v) is 6.13. The van der Waals surface area contributed by atoms with Crippen LogP contribution in [0.3, 0.4) is 0 Å².